The number of nitrogens with zero attached hydrogens (tertiary/aromatic N) is 1. The third-order valence-electron chi connectivity index (χ3n) is 3.19. The molecule has 0 spiro atoms. The number of ether oxygens (including phenoxy) is 2. The Bertz CT molecular complexity index is 485. The van der Waals surface area contributed by atoms with Crippen LogP contribution in [0.4, 0.5) is 0 Å². The van der Waals surface area contributed by atoms with E-state index in [4.69, 9.17) is 21.1 Å². The van der Waals surface area contributed by atoms with E-state index in [1.165, 1.54) is 0 Å². The van der Waals surface area contributed by atoms with Crippen LogP contribution in [-0.4, -0.2) is 37.1 Å². The standard InChI is InChI=1S/C13H14ClNO3/c14-10-7-9(13(16)15-3-1-4-15)8-11-12(10)18-6-2-5-17-11/h7-8H,1-6H2. The van der Waals surface area contributed by atoms with Gasteiger partial charge in [-0.3, -0.25) is 4.79 Å². The van der Waals surface area contributed by atoms with Gasteiger partial charge in [-0.1, -0.05) is 11.6 Å². The fourth-order valence-corrected chi connectivity index (χ4v) is 2.32. The van der Waals surface area contributed by atoms with Crippen LogP contribution in [0.15, 0.2) is 12.1 Å². The summed E-state index contributed by atoms with van der Waals surface area (Å²) in [5.74, 6) is 1.14. The Morgan fingerprint density at radius 3 is 2.67 bits per heavy atom. The van der Waals surface area contributed by atoms with Crippen molar-refractivity contribution in [1.82, 2.24) is 4.90 Å². The summed E-state index contributed by atoms with van der Waals surface area (Å²) < 4.78 is 11.1. The molecular formula is C13H14ClNO3. The summed E-state index contributed by atoms with van der Waals surface area (Å²) in [5.41, 5.74) is 0.573. The Kier molecular flexibility index (Phi) is 3.04. The minimum Gasteiger partial charge on any atom is -0.489 e. The van der Waals surface area contributed by atoms with Crippen LogP contribution < -0.4 is 9.47 Å². The number of amides is 1. The predicted molar refractivity (Wildman–Crippen MR) is 67.6 cm³/mol. The number of likely N-dealkylation sites (tertiary alicyclic amines) is 1. The van der Waals surface area contributed by atoms with E-state index in [0.717, 1.165) is 25.9 Å². The Morgan fingerprint density at radius 2 is 1.94 bits per heavy atom. The molecular weight excluding hydrogens is 254 g/mol. The molecule has 1 amide bonds. The zero-order valence-electron chi connectivity index (χ0n) is 9.95. The molecule has 1 saturated heterocycles. The molecule has 96 valence electrons. The molecule has 0 bridgehead atoms. The molecule has 1 fully saturated rings. The molecule has 0 aromatic heterocycles. The lowest BCUT2D eigenvalue weighted by Gasteiger charge is -2.31. The third-order valence-corrected chi connectivity index (χ3v) is 3.47. The molecule has 2 aliphatic rings. The Balaban J connectivity index is 1.94. The van der Waals surface area contributed by atoms with Crippen LogP contribution >= 0.6 is 11.6 Å². The van der Waals surface area contributed by atoms with Crippen LogP contribution in [0.3, 0.4) is 0 Å². The molecule has 5 heteroatoms. The van der Waals surface area contributed by atoms with Gasteiger partial charge in [0, 0.05) is 25.1 Å². The molecule has 0 aliphatic carbocycles. The highest BCUT2D eigenvalue weighted by atomic mass is 35.5. The number of carbonyl (C=O) groups is 1. The van der Waals surface area contributed by atoms with E-state index in [9.17, 15) is 4.79 Å². The van der Waals surface area contributed by atoms with Crippen molar-refractivity contribution in [1.29, 1.82) is 0 Å². The lowest BCUT2D eigenvalue weighted by molar-refractivity contribution is 0.0651. The highest BCUT2D eigenvalue weighted by molar-refractivity contribution is 6.32. The Labute approximate surface area is 110 Å². The van der Waals surface area contributed by atoms with Crippen LogP contribution in [0.25, 0.3) is 0 Å². The molecule has 2 heterocycles. The summed E-state index contributed by atoms with van der Waals surface area (Å²) in [6.07, 6.45) is 1.89. The number of hydrogen-bond donors (Lipinski definition) is 0. The van der Waals surface area contributed by atoms with E-state index in [0.29, 0.717) is 35.3 Å². The molecule has 18 heavy (non-hydrogen) atoms. The van der Waals surface area contributed by atoms with Gasteiger partial charge in [-0.2, -0.15) is 0 Å². The van der Waals surface area contributed by atoms with E-state index in [1.807, 2.05) is 0 Å². The zero-order valence-corrected chi connectivity index (χ0v) is 10.7. The fourth-order valence-electron chi connectivity index (χ4n) is 2.06. The summed E-state index contributed by atoms with van der Waals surface area (Å²) in [6, 6.07) is 3.39. The number of hydrogen-bond acceptors (Lipinski definition) is 3. The summed E-state index contributed by atoms with van der Waals surface area (Å²) in [6.45, 7) is 2.83. The van der Waals surface area contributed by atoms with Crippen molar-refractivity contribution < 1.29 is 14.3 Å². The summed E-state index contributed by atoms with van der Waals surface area (Å²) >= 11 is 6.15. The second-order valence-corrected chi connectivity index (χ2v) is 4.89. The van der Waals surface area contributed by atoms with Gasteiger partial charge in [-0.05, 0) is 18.6 Å². The van der Waals surface area contributed by atoms with Gasteiger partial charge in [0.05, 0.1) is 18.2 Å². The van der Waals surface area contributed by atoms with Gasteiger partial charge in [0.15, 0.2) is 11.5 Å². The molecule has 0 saturated carbocycles. The fraction of sp³-hybridized carbons (Fsp3) is 0.462. The van der Waals surface area contributed by atoms with Crippen molar-refractivity contribution in [3.05, 3.63) is 22.7 Å². The van der Waals surface area contributed by atoms with Gasteiger partial charge in [0.2, 0.25) is 0 Å². The van der Waals surface area contributed by atoms with Gasteiger partial charge in [-0.15, -0.1) is 0 Å². The van der Waals surface area contributed by atoms with E-state index in [1.54, 1.807) is 17.0 Å². The van der Waals surface area contributed by atoms with Crippen molar-refractivity contribution in [3.63, 3.8) is 0 Å². The first kappa shape index (κ1) is 11.7. The molecule has 2 aliphatic heterocycles. The van der Waals surface area contributed by atoms with Crippen LogP contribution in [0.2, 0.25) is 5.02 Å². The highest BCUT2D eigenvalue weighted by Crippen LogP contribution is 2.38. The maximum Gasteiger partial charge on any atom is 0.254 e. The van der Waals surface area contributed by atoms with Gasteiger partial charge in [-0.25, -0.2) is 0 Å². The molecule has 0 atom stereocenters. The number of fused-ring (bicyclic) bond motifs is 1. The molecule has 3 rings (SSSR count). The Morgan fingerprint density at radius 1 is 1.17 bits per heavy atom. The van der Waals surface area contributed by atoms with Gasteiger partial charge in [0.1, 0.15) is 0 Å². The van der Waals surface area contributed by atoms with Gasteiger partial charge >= 0.3 is 0 Å². The van der Waals surface area contributed by atoms with Crippen LogP contribution in [0.1, 0.15) is 23.2 Å². The quantitative estimate of drug-likeness (QED) is 0.784. The van der Waals surface area contributed by atoms with Gasteiger partial charge < -0.3 is 14.4 Å². The lowest BCUT2D eigenvalue weighted by atomic mass is 10.1. The van der Waals surface area contributed by atoms with Crippen LogP contribution in [-0.2, 0) is 0 Å². The predicted octanol–water partition coefficient (Wildman–Crippen LogP) is 2.35. The normalized spacial score (nSPS) is 17.9. The first-order chi connectivity index (χ1) is 8.75. The maximum absolute atomic E-state index is 12.1. The SMILES string of the molecule is O=C(c1cc(Cl)c2c(c1)OCCCO2)N1CCC1. The van der Waals surface area contributed by atoms with Crippen LogP contribution in [0.5, 0.6) is 11.5 Å². The zero-order chi connectivity index (χ0) is 12.5. The monoisotopic (exact) mass is 267 g/mol. The van der Waals surface area contributed by atoms with Crippen molar-refractivity contribution in [3.8, 4) is 11.5 Å². The second kappa shape index (κ2) is 4.69. The molecule has 0 unspecified atom stereocenters. The number of carbonyl (C=O) groups excluding carboxylic acids is 1. The molecule has 0 N–H and O–H groups in total. The summed E-state index contributed by atoms with van der Waals surface area (Å²) in [4.78, 5) is 13.9. The lowest BCUT2D eigenvalue weighted by Crippen LogP contribution is -2.42. The smallest absolute Gasteiger partial charge is 0.254 e. The third kappa shape index (κ3) is 2.01. The number of rotatable bonds is 1. The second-order valence-electron chi connectivity index (χ2n) is 4.48. The van der Waals surface area contributed by atoms with E-state index >= 15 is 0 Å². The summed E-state index contributed by atoms with van der Waals surface area (Å²) in [5, 5.41) is 0.443. The van der Waals surface area contributed by atoms with Crippen molar-refractivity contribution in [2.45, 2.75) is 12.8 Å². The van der Waals surface area contributed by atoms with E-state index in [-0.39, 0.29) is 5.91 Å². The molecule has 1 aromatic carbocycles. The summed E-state index contributed by atoms with van der Waals surface area (Å²) in [7, 11) is 0. The number of benzene rings is 1. The first-order valence-corrected chi connectivity index (χ1v) is 6.52. The number of halogens is 1. The average Bonchev–Trinajstić information content (AvgIpc) is 2.51. The molecule has 0 radical (unpaired) electrons. The van der Waals surface area contributed by atoms with Crippen molar-refractivity contribution in [2.24, 2.45) is 0 Å². The minimum atomic E-state index is 0.0128. The molecule has 1 aromatic rings. The average molecular weight is 268 g/mol. The largest absolute Gasteiger partial charge is 0.489 e. The minimum absolute atomic E-state index is 0.0128. The molecule has 4 nitrogen and oxygen atoms in total. The maximum atomic E-state index is 12.1. The first-order valence-electron chi connectivity index (χ1n) is 6.14. The van der Waals surface area contributed by atoms with Crippen molar-refractivity contribution in [2.75, 3.05) is 26.3 Å². The Hall–Kier alpha value is -1.42. The van der Waals surface area contributed by atoms with Crippen molar-refractivity contribution >= 4 is 17.5 Å². The van der Waals surface area contributed by atoms with E-state index in [2.05, 4.69) is 0 Å². The van der Waals surface area contributed by atoms with E-state index < -0.39 is 0 Å². The van der Waals surface area contributed by atoms with Gasteiger partial charge in [0.25, 0.3) is 5.91 Å². The highest BCUT2D eigenvalue weighted by Gasteiger charge is 2.24. The van der Waals surface area contributed by atoms with Crippen LogP contribution in [0, 0.1) is 0 Å². The topological polar surface area (TPSA) is 38.8 Å².